The topological polar surface area (TPSA) is 124 Å². The van der Waals surface area contributed by atoms with Crippen molar-refractivity contribution in [3.05, 3.63) is 23.8 Å². The second-order valence-electron chi connectivity index (χ2n) is 5.86. The van der Waals surface area contributed by atoms with E-state index >= 15 is 0 Å². The number of rotatable bonds is 5. The molecule has 126 valence electrons. The largest absolute Gasteiger partial charge is 0.480 e. The van der Waals surface area contributed by atoms with Crippen LogP contribution in [-0.2, 0) is 25.0 Å². The van der Waals surface area contributed by atoms with E-state index in [0.29, 0.717) is 11.3 Å². The van der Waals surface area contributed by atoms with Crippen molar-refractivity contribution in [1.82, 2.24) is 4.72 Å². The zero-order chi connectivity index (χ0) is 17.6. The molecule has 23 heavy (non-hydrogen) atoms. The summed E-state index contributed by atoms with van der Waals surface area (Å²) in [6, 6.07) is 2.52. The highest BCUT2D eigenvalue weighted by atomic mass is 32.2. The number of likely N-dealkylation sites (N-methyl/N-ethyl adjacent to an activating group) is 1. The van der Waals surface area contributed by atoms with Crippen LogP contribution in [-0.4, -0.2) is 50.2 Å². The molecule has 1 aromatic rings. The Morgan fingerprint density at radius 3 is 2.52 bits per heavy atom. The summed E-state index contributed by atoms with van der Waals surface area (Å²) in [4.78, 5) is 24.4. The molecule has 0 unspecified atom stereocenters. The van der Waals surface area contributed by atoms with Crippen LogP contribution in [0.15, 0.2) is 23.1 Å². The van der Waals surface area contributed by atoms with Crippen molar-refractivity contribution in [2.75, 3.05) is 18.6 Å². The number of carboxylic acid groups (broad SMARTS) is 1. The van der Waals surface area contributed by atoms with Crippen LogP contribution in [0.25, 0.3) is 0 Å². The number of benzene rings is 1. The van der Waals surface area contributed by atoms with Crippen molar-refractivity contribution in [1.29, 1.82) is 0 Å². The van der Waals surface area contributed by atoms with Gasteiger partial charge in [-0.25, -0.2) is 8.42 Å². The number of hydrogen-bond acceptors (Lipinski definition) is 5. The number of carboxylic acids is 1. The molecule has 1 aliphatic rings. The van der Waals surface area contributed by atoms with Crippen LogP contribution in [0.1, 0.15) is 19.4 Å². The third kappa shape index (κ3) is 2.82. The summed E-state index contributed by atoms with van der Waals surface area (Å²) in [7, 11) is -2.54. The highest BCUT2D eigenvalue weighted by Gasteiger charge is 2.42. The number of nitrogens with one attached hydrogen (secondary N) is 1. The summed E-state index contributed by atoms with van der Waals surface area (Å²) >= 11 is 0. The minimum atomic E-state index is -4.14. The summed E-state index contributed by atoms with van der Waals surface area (Å²) in [5.74, 6) is -1.64. The molecule has 1 aromatic carbocycles. The summed E-state index contributed by atoms with van der Waals surface area (Å²) in [6.45, 7) is 2.51. The maximum atomic E-state index is 12.3. The fraction of sp³-hybridized carbons (Fsp3) is 0.429. The molecular formula is C14H18N2O6S. The molecule has 0 spiro atoms. The Hall–Kier alpha value is -1.97. The number of carbonyl (C=O) groups excluding carboxylic acids is 1. The maximum absolute atomic E-state index is 12.3. The molecule has 0 aromatic heterocycles. The minimum absolute atomic E-state index is 0.159. The molecule has 1 amide bonds. The van der Waals surface area contributed by atoms with E-state index in [4.69, 9.17) is 10.2 Å². The van der Waals surface area contributed by atoms with E-state index in [2.05, 4.69) is 0 Å². The summed E-state index contributed by atoms with van der Waals surface area (Å²) < 4.78 is 26.5. The van der Waals surface area contributed by atoms with E-state index in [1.54, 1.807) is 20.9 Å². The fourth-order valence-corrected chi connectivity index (χ4v) is 3.75. The van der Waals surface area contributed by atoms with Crippen LogP contribution in [0.3, 0.4) is 0 Å². The first-order valence-electron chi connectivity index (χ1n) is 6.81. The van der Waals surface area contributed by atoms with Crippen LogP contribution in [0.5, 0.6) is 0 Å². The lowest BCUT2D eigenvalue weighted by molar-refractivity contribution is -0.139. The number of anilines is 1. The van der Waals surface area contributed by atoms with Crippen molar-refractivity contribution in [3.8, 4) is 0 Å². The average molecular weight is 342 g/mol. The first-order chi connectivity index (χ1) is 10.5. The van der Waals surface area contributed by atoms with Crippen molar-refractivity contribution in [2.24, 2.45) is 0 Å². The Labute approximate surface area is 133 Å². The van der Waals surface area contributed by atoms with Crippen molar-refractivity contribution >= 4 is 27.6 Å². The zero-order valence-electron chi connectivity index (χ0n) is 12.9. The van der Waals surface area contributed by atoms with Gasteiger partial charge in [0.15, 0.2) is 0 Å². The van der Waals surface area contributed by atoms with Gasteiger partial charge in [-0.15, -0.1) is 0 Å². The molecule has 1 atom stereocenters. The van der Waals surface area contributed by atoms with Crippen LogP contribution in [0.2, 0.25) is 0 Å². The number of fused-ring (bicyclic) bond motifs is 1. The molecule has 0 fully saturated rings. The van der Waals surface area contributed by atoms with Gasteiger partial charge in [0.25, 0.3) is 0 Å². The number of amides is 1. The first kappa shape index (κ1) is 17.4. The lowest BCUT2D eigenvalue weighted by Crippen LogP contribution is -2.43. The molecule has 0 saturated carbocycles. The smallest absolute Gasteiger partial charge is 0.324 e. The average Bonchev–Trinajstić information content (AvgIpc) is 2.65. The standard InChI is InChI=1S/C14H18N2O6S/c1-14(2)9-6-8(4-5-11(9)16(3)13(14)20)23(21,22)15-10(7-17)12(18)19/h4-6,10,15,17H,7H2,1-3H3,(H,18,19)/t10-/m1/s1. The number of sulfonamides is 1. The van der Waals surface area contributed by atoms with E-state index in [1.165, 1.54) is 23.1 Å². The normalized spacial score (nSPS) is 17.9. The van der Waals surface area contributed by atoms with E-state index in [1.807, 2.05) is 4.72 Å². The van der Waals surface area contributed by atoms with Gasteiger partial charge < -0.3 is 15.1 Å². The molecule has 2 rings (SSSR count). The van der Waals surface area contributed by atoms with Gasteiger partial charge in [-0.1, -0.05) is 0 Å². The molecule has 1 heterocycles. The number of aliphatic hydroxyl groups is 1. The summed E-state index contributed by atoms with van der Waals surface area (Å²) in [6.07, 6.45) is 0. The number of nitrogens with zero attached hydrogens (tertiary/aromatic N) is 1. The Morgan fingerprint density at radius 2 is 2.00 bits per heavy atom. The number of aliphatic carboxylic acids is 1. The molecule has 0 aliphatic carbocycles. The summed E-state index contributed by atoms with van der Waals surface area (Å²) in [5.41, 5.74) is 0.276. The lowest BCUT2D eigenvalue weighted by Gasteiger charge is -2.17. The minimum Gasteiger partial charge on any atom is -0.480 e. The molecule has 1 aliphatic heterocycles. The molecule has 0 bridgehead atoms. The van der Waals surface area contributed by atoms with Gasteiger partial charge in [0.2, 0.25) is 15.9 Å². The first-order valence-corrected chi connectivity index (χ1v) is 8.29. The van der Waals surface area contributed by atoms with Gasteiger partial charge in [-0.2, -0.15) is 4.72 Å². The second-order valence-corrected chi connectivity index (χ2v) is 7.58. The van der Waals surface area contributed by atoms with Gasteiger partial charge >= 0.3 is 5.97 Å². The highest BCUT2D eigenvalue weighted by molar-refractivity contribution is 7.89. The van der Waals surface area contributed by atoms with Gasteiger partial charge in [-0.3, -0.25) is 9.59 Å². The molecule has 9 heteroatoms. The third-order valence-corrected chi connectivity index (χ3v) is 5.40. The monoisotopic (exact) mass is 342 g/mol. The van der Waals surface area contributed by atoms with Crippen LogP contribution in [0, 0.1) is 0 Å². The third-order valence-electron chi connectivity index (χ3n) is 3.93. The highest BCUT2D eigenvalue weighted by Crippen LogP contribution is 2.41. The Balaban J connectivity index is 2.46. The second kappa shape index (κ2) is 5.59. The Morgan fingerprint density at radius 1 is 1.39 bits per heavy atom. The number of hydrogen-bond donors (Lipinski definition) is 3. The van der Waals surface area contributed by atoms with Crippen LogP contribution >= 0.6 is 0 Å². The van der Waals surface area contributed by atoms with E-state index in [0.717, 1.165) is 0 Å². The molecule has 3 N–H and O–H groups in total. The van der Waals surface area contributed by atoms with Crippen molar-refractivity contribution in [2.45, 2.75) is 30.2 Å². The lowest BCUT2D eigenvalue weighted by atomic mass is 9.86. The fourth-order valence-electron chi connectivity index (χ4n) is 2.54. The number of aliphatic hydroxyl groups excluding tert-OH is 1. The Kier molecular flexibility index (Phi) is 4.22. The van der Waals surface area contributed by atoms with Crippen molar-refractivity contribution in [3.63, 3.8) is 0 Å². The molecule has 8 nitrogen and oxygen atoms in total. The predicted octanol–water partition coefficient (Wildman–Crippen LogP) is -0.336. The maximum Gasteiger partial charge on any atom is 0.324 e. The molecular weight excluding hydrogens is 324 g/mol. The molecule has 0 radical (unpaired) electrons. The summed E-state index contributed by atoms with van der Waals surface area (Å²) in [5, 5.41) is 17.8. The van der Waals surface area contributed by atoms with Crippen molar-refractivity contribution < 1.29 is 28.2 Å². The van der Waals surface area contributed by atoms with E-state index in [9.17, 15) is 18.0 Å². The predicted molar refractivity (Wildman–Crippen MR) is 81.7 cm³/mol. The van der Waals surface area contributed by atoms with Crippen LogP contribution in [0.4, 0.5) is 5.69 Å². The van der Waals surface area contributed by atoms with E-state index in [-0.39, 0.29) is 10.8 Å². The van der Waals surface area contributed by atoms with Crippen LogP contribution < -0.4 is 9.62 Å². The van der Waals surface area contributed by atoms with Gasteiger partial charge in [0.05, 0.1) is 16.9 Å². The molecule has 0 saturated heterocycles. The zero-order valence-corrected chi connectivity index (χ0v) is 13.7. The quantitative estimate of drug-likeness (QED) is 0.673. The van der Waals surface area contributed by atoms with Gasteiger partial charge in [0, 0.05) is 12.7 Å². The SMILES string of the molecule is CN1C(=O)C(C)(C)c2cc(S(=O)(=O)N[C@H](CO)C(=O)O)ccc21. The number of carbonyl (C=O) groups is 2. The Bertz CT molecular complexity index is 771. The van der Waals surface area contributed by atoms with E-state index < -0.39 is 34.1 Å². The van der Waals surface area contributed by atoms with Gasteiger partial charge in [-0.05, 0) is 37.6 Å². The van der Waals surface area contributed by atoms with Gasteiger partial charge in [0.1, 0.15) is 6.04 Å².